The van der Waals surface area contributed by atoms with E-state index in [0.29, 0.717) is 0 Å². The van der Waals surface area contributed by atoms with Crippen molar-refractivity contribution < 1.29 is 0 Å². The number of nitrogens with two attached hydrogens (primary N) is 1. The van der Waals surface area contributed by atoms with Crippen molar-refractivity contribution in [2.75, 3.05) is 5.73 Å². The fraction of sp³-hybridized carbons (Fsp3) is 0.167. The number of aromatic nitrogens is 2. The maximum atomic E-state index is 5.91. The second-order valence-electron chi connectivity index (χ2n) is 3.94. The minimum Gasteiger partial charge on any atom is -0.385 e. The molecule has 2 aromatic heterocycles. The molecule has 0 saturated heterocycles. The summed E-state index contributed by atoms with van der Waals surface area (Å²) in [5.74, 6) is 0.807. The summed E-state index contributed by atoms with van der Waals surface area (Å²) in [4.78, 5) is 0. The number of benzene rings is 1. The van der Waals surface area contributed by atoms with E-state index in [1.165, 1.54) is 21.9 Å². The highest BCUT2D eigenvalue weighted by Gasteiger charge is 2.12. The lowest BCUT2D eigenvalue weighted by molar-refractivity contribution is 0.893. The monoisotopic (exact) mass is 199 g/mol. The molecule has 0 aliphatic carbocycles. The van der Waals surface area contributed by atoms with Crippen molar-refractivity contribution in [3.63, 3.8) is 0 Å². The SMILES string of the molecule is Cn1c(N)cc2c3ccccc3n(C)c21. The van der Waals surface area contributed by atoms with E-state index in [1.54, 1.807) is 0 Å². The average molecular weight is 199 g/mol. The van der Waals surface area contributed by atoms with Gasteiger partial charge in [0.15, 0.2) is 0 Å². The van der Waals surface area contributed by atoms with Gasteiger partial charge < -0.3 is 14.9 Å². The summed E-state index contributed by atoms with van der Waals surface area (Å²) >= 11 is 0. The van der Waals surface area contributed by atoms with Gasteiger partial charge in [-0.15, -0.1) is 0 Å². The smallest absolute Gasteiger partial charge is 0.122 e. The Morgan fingerprint density at radius 1 is 1.00 bits per heavy atom. The third-order valence-corrected chi connectivity index (χ3v) is 3.11. The number of rotatable bonds is 0. The number of hydrogen-bond donors (Lipinski definition) is 1. The Morgan fingerprint density at radius 3 is 2.53 bits per heavy atom. The van der Waals surface area contributed by atoms with Crippen LogP contribution in [-0.4, -0.2) is 9.13 Å². The van der Waals surface area contributed by atoms with Gasteiger partial charge >= 0.3 is 0 Å². The highest BCUT2D eigenvalue weighted by atomic mass is 15.1. The van der Waals surface area contributed by atoms with E-state index >= 15 is 0 Å². The van der Waals surface area contributed by atoms with Crippen LogP contribution in [0, 0.1) is 0 Å². The highest BCUT2D eigenvalue weighted by Crippen LogP contribution is 2.30. The first-order valence-corrected chi connectivity index (χ1v) is 4.98. The molecule has 0 radical (unpaired) electrons. The Labute approximate surface area is 87.7 Å². The second-order valence-corrected chi connectivity index (χ2v) is 3.94. The fourth-order valence-electron chi connectivity index (χ4n) is 2.32. The van der Waals surface area contributed by atoms with Gasteiger partial charge in [0.25, 0.3) is 0 Å². The number of aryl methyl sites for hydroxylation is 2. The number of anilines is 1. The molecule has 0 bridgehead atoms. The van der Waals surface area contributed by atoms with Crippen molar-refractivity contribution in [3.8, 4) is 0 Å². The van der Waals surface area contributed by atoms with Crippen molar-refractivity contribution in [1.82, 2.24) is 9.13 Å². The molecule has 0 unspecified atom stereocenters. The van der Waals surface area contributed by atoms with Crippen LogP contribution in [0.15, 0.2) is 30.3 Å². The Kier molecular flexibility index (Phi) is 1.44. The van der Waals surface area contributed by atoms with Crippen molar-refractivity contribution in [3.05, 3.63) is 30.3 Å². The van der Waals surface area contributed by atoms with Gasteiger partial charge in [0.05, 0.1) is 5.52 Å². The van der Waals surface area contributed by atoms with Gasteiger partial charge in [-0.2, -0.15) is 0 Å². The van der Waals surface area contributed by atoms with Gasteiger partial charge in [0.1, 0.15) is 11.5 Å². The average Bonchev–Trinajstić information content (AvgIpc) is 2.68. The molecule has 2 heterocycles. The molecule has 15 heavy (non-hydrogen) atoms. The van der Waals surface area contributed by atoms with Gasteiger partial charge in [-0.05, 0) is 12.1 Å². The van der Waals surface area contributed by atoms with Gasteiger partial charge in [-0.3, -0.25) is 0 Å². The lowest BCUT2D eigenvalue weighted by atomic mass is 10.2. The molecule has 1 aromatic carbocycles. The zero-order chi connectivity index (χ0) is 10.6. The first kappa shape index (κ1) is 8.41. The zero-order valence-electron chi connectivity index (χ0n) is 8.86. The summed E-state index contributed by atoms with van der Waals surface area (Å²) < 4.78 is 4.20. The maximum Gasteiger partial charge on any atom is 0.122 e. The largest absolute Gasteiger partial charge is 0.385 e. The Hall–Kier alpha value is -1.90. The molecule has 0 aliphatic heterocycles. The molecule has 0 aliphatic rings. The molecule has 3 aromatic rings. The van der Waals surface area contributed by atoms with E-state index < -0.39 is 0 Å². The maximum absolute atomic E-state index is 5.91. The summed E-state index contributed by atoms with van der Waals surface area (Å²) in [7, 11) is 4.07. The first-order valence-electron chi connectivity index (χ1n) is 4.98. The van der Waals surface area contributed by atoms with Crippen LogP contribution in [0.1, 0.15) is 0 Å². The van der Waals surface area contributed by atoms with Crippen LogP contribution in [0.3, 0.4) is 0 Å². The summed E-state index contributed by atoms with van der Waals surface area (Å²) in [6.45, 7) is 0. The Balaban J connectivity index is 2.67. The molecule has 0 spiro atoms. The summed E-state index contributed by atoms with van der Waals surface area (Å²) in [6, 6.07) is 10.4. The molecular weight excluding hydrogens is 186 g/mol. The van der Waals surface area contributed by atoms with Crippen LogP contribution < -0.4 is 5.73 Å². The minimum atomic E-state index is 0.807. The molecular formula is C12H13N3. The van der Waals surface area contributed by atoms with Gasteiger partial charge in [-0.1, -0.05) is 18.2 Å². The molecule has 76 valence electrons. The number of hydrogen-bond acceptors (Lipinski definition) is 1. The number of nitrogens with zero attached hydrogens (tertiary/aromatic N) is 2. The number of para-hydroxylation sites is 1. The van der Waals surface area contributed by atoms with Gasteiger partial charge in [0, 0.05) is 24.9 Å². The lowest BCUT2D eigenvalue weighted by Gasteiger charge is -2.01. The quantitative estimate of drug-likeness (QED) is 0.592. The molecule has 3 heteroatoms. The standard InChI is InChI=1S/C12H13N3/c1-14-10-6-4-3-5-8(10)9-7-11(13)15(2)12(9)14/h3-7H,13H2,1-2H3. The normalized spacial score (nSPS) is 11.6. The number of nitrogen functional groups attached to an aromatic ring is 1. The fourth-order valence-corrected chi connectivity index (χ4v) is 2.32. The van der Waals surface area contributed by atoms with Crippen molar-refractivity contribution in [2.24, 2.45) is 14.1 Å². The Morgan fingerprint density at radius 2 is 1.73 bits per heavy atom. The van der Waals surface area contributed by atoms with Crippen LogP contribution in [0.25, 0.3) is 21.9 Å². The van der Waals surface area contributed by atoms with Crippen molar-refractivity contribution in [2.45, 2.75) is 0 Å². The molecule has 3 rings (SSSR count). The molecule has 3 nitrogen and oxygen atoms in total. The van der Waals surface area contributed by atoms with Gasteiger partial charge in [0.2, 0.25) is 0 Å². The van der Waals surface area contributed by atoms with E-state index in [0.717, 1.165) is 5.82 Å². The van der Waals surface area contributed by atoms with Crippen LogP contribution in [0.4, 0.5) is 5.82 Å². The zero-order valence-corrected chi connectivity index (χ0v) is 8.86. The van der Waals surface area contributed by atoms with Crippen LogP contribution in [0.5, 0.6) is 0 Å². The molecule has 2 N–H and O–H groups in total. The molecule has 0 saturated carbocycles. The van der Waals surface area contributed by atoms with E-state index in [-0.39, 0.29) is 0 Å². The highest BCUT2D eigenvalue weighted by molar-refractivity contribution is 6.08. The topological polar surface area (TPSA) is 35.9 Å². The first-order chi connectivity index (χ1) is 7.20. The van der Waals surface area contributed by atoms with E-state index in [4.69, 9.17) is 5.73 Å². The second kappa shape index (κ2) is 2.57. The van der Waals surface area contributed by atoms with Crippen molar-refractivity contribution in [1.29, 1.82) is 0 Å². The van der Waals surface area contributed by atoms with Crippen molar-refractivity contribution >= 4 is 27.8 Å². The van der Waals surface area contributed by atoms with E-state index in [1.807, 2.05) is 17.7 Å². The van der Waals surface area contributed by atoms with Crippen LogP contribution in [0.2, 0.25) is 0 Å². The van der Waals surface area contributed by atoms with Gasteiger partial charge in [-0.25, -0.2) is 0 Å². The van der Waals surface area contributed by atoms with E-state index in [2.05, 4.69) is 35.9 Å². The van der Waals surface area contributed by atoms with Crippen LogP contribution in [-0.2, 0) is 14.1 Å². The minimum absolute atomic E-state index is 0.807. The summed E-state index contributed by atoms with van der Waals surface area (Å²) in [6.07, 6.45) is 0. The summed E-state index contributed by atoms with van der Waals surface area (Å²) in [5.41, 5.74) is 8.33. The third-order valence-electron chi connectivity index (χ3n) is 3.11. The molecule has 0 atom stereocenters. The third kappa shape index (κ3) is 0.897. The van der Waals surface area contributed by atoms with E-state index in [9.17, 15) is 0 Å². The lowest BCUT2D eigenvalue weighted by Crippen LogP contribution is -1.99. The Bertz CT molecular complexity index is 658. The summed E-state index contributed by atoms with van der Waals surface area (Å²) in [5, 5.41) is 2.50. The predicted octanol–water partition coefficient (Wildman–Crippen LogP) is 2.25. The molecule has 0 amide bonds. The van der Waals surface area contributed by atoms with Crippen LogP contribution >= 0.6 is 0 Å². The molecule has 0 fully saturated rings. The predicted molar refractivity (Wildman–Crippen MR) is 63.8 cm³/mol. The number of fused-ring (bicyclic) bond motifs is 3.